The summed E-state index contributed by atoms with van der Waals surface area (Å²) < 4.78 is 0. The average Bonchev–Trinajstić information content (AvgIpc) is 2.14. The Labute approximate surface area is 79.9 Å². The largest absolute Gasteiger partial charge is 0.332 e. The van der Waals surface area contributed by atoms with Crippen molar-refractivity contribution < 1.29 is 0 Å². The van der Waals surface area contributed by atoms with Gasteiger partial charge in [0.15, 0.2) is 0 Å². The molecule has 0 aromatic heterocycles. The van der Waals surface area contributed by atoms with Gasteiger partial charge >= 0.3 is 0 Å². The van der Waals surface area contributed by atoms with Crippen molar-refractivity contribution in [1.82, 2.24) is 4.90 Å². The first-order valence-corrected chi connectivity index (χ1v) is 5.79. The minimum Gasteiger partial charge on any atom is -0.332 e. The van der Waals surface area contributed by atoms with Gasteiger partial charge in [-0.05, 0) is 30.9 Å². The van der Waals surface area contributed by atoms with Crippen LogP contribution in [0.3, 0.4) is 0 Å². The molecule has 0 saturated carbocycles. The Morgan fingerprint density at radius 1 is 1.25 bits per heavy atom. The topological polar surface area (TPSA) is 3.24 Å². The minimum atomic E-state index is 1.17. The molecule has 0 aromatic rings. The second-order valence-corrected chi connectivity index (χ2v) is 4.01. The smallest absolute Gasteiger partial charge is 0.0260 e. The van der Waals surface area contributed by atoms with Gasteiger partial charge in [0.2, 0.25) is 0 Å². The number of hydrogen-bond acceptors (Lipinski definition) is 2. The first-order chi connectivity index (χ1) is 5.93. The van der Waals surface area contributed by atoms with E-state index in [2.05, 4.69) is 23.1 Å². The van der Waals surface area contributed by atoms with Gasteiger partial charge in [-0.3, -0.25) is 0 Å². The molecule has 0 aliphatic carbocycles. The highest BCUT2D eigenvalue weighted by molar-refractivity contribution is 8.03. The fourth-order valence-electron chi connectivity index (χ4n) is 1.26. The van der Waals surface area contributed by atoms with Crippen LogP contribution in [0, 0.1) is 11.3 Å². The molecular weight excluding hydrogens is 166 g/mol. The van der Waals surface area contributed by atoms with E-state index in [4.69, 9.17) is 0 Å². The molecular formula is C10H17NS. The van der Waals surface area contributed by atoms with E-state index in [0.29, 0.717) is 0 Å². The second kappa shape index (κ2) is 6.25. The second-order valence-electron chi connectivity index (χ2n) is 3.11. The molecule has 0 N–H and O–H groups in total. The van der Waals surface area contributed by atoms with E-state index in [1.807, 2.05) is 0 Å². The van der Waals surface area contributed by atoms with Crippen molar-refractivity contribution in [2.75, 3.05) is 18.8 Å². The molecule has 12 heavy (non-hydrogen) atoms. The van der Waals surface area contributed by atoms with Gasteiger partial charge in [-0.1, -0.05) is 18.7 Å². The Morgan fingerprint density at radius 2 is 2.00 bits per heavy atom. The molecule has 0 amide bonds. The fourth-order valence-corrected chi connectivity index (χ4v) is 1.76. The molecule has 0 aromatic carbocycles. The maximum atomic E-state index is 3.20. The van der Waals surface area contributed by atoms with E-state index >= 15 is 0 Å². The number of hydrogen-bond donors (Lipinski definition) is 0. The summed E-state index contributed by atoms with van der Waals surface area (Å²) in [6.45, 7) is 4.55. The number of nitrogens with zero attached hydrogens (tertiary/aromatic N) is 1. The van der Waals surface area contributed by atoms with E-state index in [9.17, 15) is 0 Å². The highest BCUT2D eigenvalue weighted by Gasteiger charge is 2.04. The monoisotopic (exact) mass is 183 g/mol. The molecule has 0 unspecified atom stereocenters. The molecule has 1 saturated heterocycles. The van der Waals surface area contributed by atoms with Gasteiger partial charge in [0.05, 0.1) is 0 Å². The number of piperidine rings is 1. The first-order valence-electron chi connectivity index (χ1n) is 4.81. The Hall–Kier alpha value is -0.290. The maximum Gasteiger partial charge on any atom is 0.0260 e. The van der Waals surface area contributed by atoms with Gasteiger partial charge in [-0.25, -0.2) is 0 Å². The third-order valence-corrected chi connectivity index (χ3v) is 2.79. The number of rotatable bonds is 2. The Morgan fingerprint density at radius 3 is 2.67 bits per heavy atom. The third-order valence-electron chi connectivity index (χ3n) is 1.94. The van der Waals surface area contributed by atoms with Crippen LogP contribution in [0.5, 0.6) is 0 Å². The predicted molar refractivity (Wildman–Crippen MR) is 55.9 cm³/mol. The summed E-state index contributed by atoms with van der Waals surface area (Å²) in [6.07, 6.45) is 5.26. The molecule has 0 atom stereocenters. The van der Waals surface area contributed by atoms with Crippen LogP contribution < -0.4 is 0 Å². The van der Waals surface area contributed by atoms with Gasteiger partial charge in [-0.2, -0.15) is 0 Å². The van der Waals surface area contributed by atoms with Gasteiger partial charge in [0.25, 0.3) is 0 Å². The maximum absolute atomic E-state index is 3.20. The summed E-state index contributed by atoms with van der Waals surface area (Å²) in [6, 6.07) is 3.20. The third kappa shape index (κ3) is 3.92. The standard InChI is InChI=1S/C10H17NS/c1-2-9-12-10-8-11-6-4-3-5-7-11/h2-7,9H2,1H3. The van der Waals surface area contributed by atoms with Crippen molar-refractivity contribution in [3.05, 3.63) is 0 Å². The van der Waals surface area contributed by atoms with Gasteiger partial charge < -0.3 is 4.90 Å². The van der Waals surface area contributed by atoms with Crippen LogP contribution in [0.2, 0.25) is 0 Å². The molecule has 68 valence electrons. The molecule has 1 aliphatic heterocycles. The molecule has 0 bridgehead atoms. The molecule has 1 aliphatic rings. The normalized spacial score (nSPS) is 16.9. The summed E-state index contributed by atoms with van der Waals surface area (Å²) >= 11 is 1.74. The van der Waals surface area contributed by atoms with Gasteiger partial charge in [0, 0.05) is 24.9 Å². The van der Waals surface area contributed by atoms with Crippen LogP contribution in [0.15, 0.2) is 0 Å². The minimum absolute atomic E-state index is 1.17. The molecule has 1 nitrogen and oxygen atoms in total. The highest BCUT2D eigenvalue weighted by Crippen LogP contribution is 2.07. The van der Waals surface area contributed by atoms with Crippen LogP contribution in [0.1, 0.15) is 32.6 Å². The Bertz CT molecular complexity index is 162. The van der Waals surface area contributed by atoms with E-state index in [1.54, 1.807) is 11.8 Å². The SMILES string of the molecule is CCCSC#CN1CCCCC1. The fraction of sp³-hybridized carbons (Fsp3) is 0.800. The van der Waals surface area contributed by atoms with Crippen molar-refractivity contribution >= 4 is 11.8 Å². The predicted octanol–water partition coefficient (Wildman–Crippen LogP) is 2.53. The quantitative estimate of drug-likeness (QED) is 0.478. The number of thioether (sulfide) groups is 1. The zero-order chi connectivity index (χ0) is 8.65. The Kier molecular flexibility index (Phi) is 5.10. The lowest BCUT2D eigenvalue weighted by atomic mass is 10.1. The van der Waals surface area contributed by atoms with E-state index in [0.717, 1.165) is 0 Å². The Balaban J connectivity index is 2.13. The van der Waals surface area contributed by atoms with Crippen LogP contribution in [-0.2, 0) is 0 Å². The van der Waals surface area contributed by atoms with Crippen molar-refractivity contribution in [2.45, 2.75) is 32.6 Å². The summed E-state index contributed by atoms with van der Waals surface area (Å²) in [5, 5.41) is 3.15. The molecule has 2 heteroatoms. The van der Waals surface area contributed by atoms with Gasteiger partial charge in [-0.15, -0.1) is 0 Å². The lowest BCUT2D eigenvalue weighted by Gasteiger charge is -2.21. The van der Waals surface area contributed by atoms with Crippen LogP contribution >= 0.6 is 11.8 Å². The first kappa shape index (κ1) is 9.80. The summed E-state index contributed by atoms with van der Waals surface area (Å²) in [5.41, 5.74) is 0. The average molecular weight is 183 g/mol. The van der Waals surface area contributed by atoms with E-state index in [-0.39, 0.29) is 0 Å². The molecule has 0 radical (unpaired) electrons. The zero-order valence-corrected chi connectivity index (χ0v) is 8.62. The lowest BCUT2D eigenvalue weighted by Crippen LogP contribution is -2.24. The molecule has 0 spiro atoms. The van der Waals surface area contributed by atoms with Crippen LogP contribution in [0.25, 0.3) is 0 Å². The van der Waals surface area contributed by atoms with Crippen molar-refractivity contribution in [1.29, 1.82) is 0 Å². The van der Waals surface area contributed by atoms with Crippen LogP contribution in [0.4, 0.5) is 0 Å². The summed E-state index contributed by atoms with van der Waals surface area (Å²) in [5.74, 6) is 1.17. The molecule has 1 rings (SSSR count). The van der Waals surface area contributed by atoms with Crippen molar-refractivity contribution in [2.24, 2.45) is 0 Å². The van der Waals surface area contributed by atoms with E-state index in [1.165, 1.54) is 44.5 Å². The van der Waals surface area contributed by atoms with E-state index < -0.39 is 0 Å². The van der Waals surface area contributed by atoms with Crippen LogP contribution in [-0.4, -0.2) is 23.7 Å². The molecule has 1 fully saturated rings. The van der Waals surface area contributed by atoms with Crippen molar-refractivity contribution in [3.63, 3.8) is 0 Å². The lowest BCUT2D eigenvalue weighted by molar-refractivity contribution is 0.327. The molecule has 1 heterocycles. The van der Waals surface area contributed by atoms with Gasteiger partial charge in [0.1, 0.15) is 0 Å². The summed E-state index contributed by atoms with van der Waals surface area (Å²) in [7, 11) is 0. The highest BCUT2D eigenvalue weighted by atomic mass is 32.2. The summed E-state index contributed by atoms with van der Waals surface area (Å²) in [4.78, 5) is 2.26. The van der Waals surface area contributed by atoms with Crippen molar-refractivity contribution in [3.8, 4) is 11.3 Å². The number of likely N-dealkylation sites (tertiary alicyclic amines) is 1. The zero-order valence-electron chi connectivity index (χ0n) is 7.81.